The van der Waals surface area contributed by atoms with E-state index >= 15 is 0 Å². The summed E-state index contributed by atoms with van der Waals surface area (Å²) in [6, 6.07) is 37.0. The Hall–Kier alpha value is -4.26. The Balaban J connectivity index is 1.21. The number of benzene rings is 5. The van der Waals surface area contributed by atoms with Gasteiger partial charge < -0.3 is 15.3 Å². The first-order valence-electron chi connectivity index (χ1n) is 19.0. The lowest BCUT2D eigenvalue weighted by Gasteiger charge is -2.41. The fourth-order valence-corrected chi connectivity index (χ4v) is 9.22. The van der Waals surface area contributed by atoms with Crippen LogP contribution in [0.4, 0.5) is 0 Å². The molecule has 2 fully saturated rings. The van der Waals surface area contributed by atoms with Crippen molar-refractivity contribution in [2.24, 2.45) is 0 Å². The molecular formula is C47H54N2O3. The van der Waals surface area contributed by atoms with Gasteiger partial charge in [0.2, 0.25) is 0 Å². The molecular weight excluding hydrogens is 641 g/mol. The maximum atomic E-state index is 12.9. The van der Waals surface area contributed by atoms with Crippen LogP contribution in [-0.2, 0) is 24.3 Å². The van der Waals surface area contributed by atoms with Gasteiger partial charge in [-0.15, -0.1) is 0 Å². The molecule has 0 aromatic heterocycles. The van der Waals surface area contributed by atoms with Crippen molar-refractivity contribution in [3.05, 3.63) is 170 Å². The van der Waals surface area contributed by atoms with E-state index in [9.17, 15) is 15.3 Å². The van der Waals surface area contributed by atoms with Crippen LogP contribution in [0, 0.1) is 34.6 Å². The van der Waals surface area contributed by atoms with Crippen molar-refractivity contribution < 1.29 is 15.3 Å². The third-order valence-corrected chi connectivity index (χ3v) is 11.7. The van der Waals surface area contributed by atoms with Gasteiger partial charge in [0.25, 0.3) is 0 Å². The lowest BCUT2D eigenvalue weighted by molar-refractivity contribution is -0.00742. The van der Waals surface area contributed by atoms with Crippen LogP contribution in [0.3, 0.4) is 0 Å². The molecule has 2 saturated heterocycles. The normalized spacial score (nSPS) is 18.7. The van der Waals surface area contributed by atoms with E-state index in [-0.39, 0.29) is 12.1 Å². The van der Waals surface area contributed by atoms with Crippen LogP contribution < -0.4 is 0 Å². The molecule has 0 saturated carbocycles. The molecule has 2 aliphatic rings. The molecule has 5 nitrogen and oxygen atoms in total. The minimum absolute atomic E-state index is 0.166. The minimum atomic E-state index is -1.21. The maximum absolute atomic E-state index is 12.9. The van der Waals surface area contributed by atoms with Crippen LogP contribution in [0.2, 0.25) is 0 Å². The van der Waals surface area contributed by atoms with Crippen molar-refractivity contribution in [2.45, 2.75) is 96.7 Å². The molecule has 3 N–H and O–H groups in total. The van der Waals surface area contributed by atoms with E-state index < -0.39 is 11.2 Å². The van der Waals surface area contributed by atoms with Gasteiger partial charge in [-0.2, -0.15) is 0 Å². The summed E-state index contributed by atoms with van der Waals surface area (Å²) < 4.78 is 0. The first-order chi connectivity index (χ1) is 25.0. The summed E-state index contributed by atoms with van der Waals surface area (Å²) in [5.74, 6) is 0.311. The second kappa shape index (κ2) is 14.6. The van der Waals surface area contributed by atoms with Gasteiger partial charge in [-0.25, -0.2) is 0 Å². The quantitative estimate of drug-likeness (QED) is 0.137. The molecule has 52 heavy (non-hydrogen) atoms. The number of hydrogen-bond acceptors (Lipinski definition) is 5. The fourth-order valence-electron chi connectivity index (χ4n) is 9.22. The van der Waals surface area contributed by atoms with Gasteiger partial charge in [-0.3, -0.25) is 9.80 Å². The monoisotopic (exact) mass is 694 g/mol. The molecule has 5 heteroatoms. The number of aliphatic hydroxyl groups is 2. The predicted octanol–water partition coefficient (Wildman–Crippen LogP) is 8.74. The van der Waals surface area contributed by atoms with Gasteiger partial charge in [-0.05, 0) is 95.6 Å². The van der Waals surface area contributed by atoms with E-state index in [0.717, 1.165) is 100.0 Å². The fraction of sp³-hybridized carbons (Fsp3) is 0.362. The number of hydrogen-bond donors (Lipinski definition) is 3. The third-order valence-electron chi connectivity index (χ3n) is 11.7. The molecule has 0 amide bonds. The second-order valence-corrected chi connectivity index (χ2v) is 15.7. The van der Waals surface area contributed by atoms with Crippen molar-refractivity contribution in [2.75, 3.05) is 13.1 Å². The van der Waals surface area contributed by atoms with E-state index in [1.54, 1.807) is 0 Å². The first kappa shape index (κ1) is 36.1. The van der Waals surface area contributed by atoms with Crippen molar-refractivity contribution in [1.82, 2.24) is 9.80 Å². The average Bonchev–Trinajstić information content (AvgIpc) is 3.80. The van der Waals surface area contributed by atoms with Crippen LogP contribution >= 0.6 is 0 Å². The Morgan fingerprint density at radius 1 is 0.500 bits per heavy atom. The van der Waals surface area contributed by atoms with E-state index in [4.69, 9.17) is 0 Å². The molecule has 0 spiro atoms. The van der Waals surface area contributed by atoms with Crippen molar-refractivity contribution in [3.63, 3.8) is 0 Å². The zero-order chi connectivity index (χ0) is 36.6. The van der Waals surface area contributed by atoms with Crippen LogP contribution in [0.15, 0.2) is 109 Å². The molecule has 0 radical (unpaired) electrons. The van der Waals surface area contributed by atoms with Gasteiger partial charge in [0, 0.05) is 36.3 Å². The summed E-state index contributed by atoms with van der Waals surface area (Å²) in [5.41, 5.74) is 8.49. The Morgan fingerprint density at radius 2 is 0.827 bits per heavy atom. The Kier molecular flexibility index (Phi) is 10.2. The summed E-state index contributed by atoms with van der Waals surface area (Å²) >= 11 is 0. The standard InChI is InChI=1S/C47H54N2O3/c1-32-12-6-16-39(26-32)46(51,40-17-7-13-33(2)27-40)43-20-10-22-48(43)30-37-24-36(5)25-38(45(37)50)31-49-23-11-21-44(49)47(52,41-18-8-14-34(3)28-41)42-19-9-15-35(4)29-42/h6-9,12-19,24-29,43-44,50-52H,10-11,20-23,30-31H2,1-5H3/t43-,44-/m0/s1. The van der Waals surface area contributed by atoms with E-state index in [0.29, 0.717) is 18.8 Å². The van der Waals surface area contributed by atoms with E-state index in [1.807, 2.05) is 24.3 Å². The molecule has 2 aliphatic heterocycles. The number of nitrogens with zero attached hydrogens (tertiary/aromatic N) is 2. The summed E-state index contributed by atoms with van der Waals surface area (Å²) in [4.78, 5) is 4.74. The van der Waals surface area contributed by atoms with Crippen LogP contribution in [0.1, 0.15) is 86.9 Å². The molecule has 0 bridgehead atoms. The number of aryl methyl sites for hydroxylation is 5. The summed E-state index contributed by atoms with van der Waals surface area (Å²) in [5, 5.41) is 37.9. The third kappa shape index (κ3) is 6.83. The lowest BCUT2D eigenvalue weighted by atomic mass is 9.78. The zero-order valence-electron chi connectivity index (χ0n) is 31.4. The SMILES string of the molecule is Cc1cccc(C(O)(c2cccc(C)c2)[C@@H]2CCCN2Cc2cc(C)cc(CN3CCC[C@H]3C(O)(c3cccc(C)c3)c3cccc(C)c3)c2O)c1. The Bertz CT molecular complexity index is 1820. The lowest BCUT2D eigenvalue weighted by Crippen LogP contribution is -2.48. The molecule has 5 aromatic carbocycles. The van der Waals surface area contributed by atoms with Gasteiger partial charge in [0.1, 0.15) is 17.0 Å². The van der Waals surface area contributed by atoms with Crippen LogP contribution in [0.5, 0.6) is 5.75 Å². The highest BCUT2D eigenvalue weighted by atomic mass is 16.3. The highest BCUT2D eigenvalue weighted by Gasteiger charge is 2.47. The zero-order valence-corrected chi connectivity index (χ0v) is 31.4. The molecule has 7 rings (SSSR count). The van der Waals surface area contributed by atoms with Crippen molar-refractivity contribution in [1.29, 1.82) is 0 Å². The molecule has 2 atom stereocenters. The number of aromatic hydroxyl groups is 1. The van der Waals surface area contributed by atoms with Crippen molar-refractivity contribution in [3.8, 4) is 5.75 Å². The van der Waals surface area contributed by atoms with Gasteiger partial charge in [0.15, 0.2) is 0 Å². The first-order valence-corrected chi connectivity index (χ1v) is 19.0. The number of likely N-dealkylation sites (tertiary alicyclic amines) is 2. The number of rotatable bonds is 10. The molecule has 2 heterocycles. The summed E-state index contributed by atoms with van der Waals surface area (Å²) in [6.07, 6.45) is 3.64. The highest BCUT2D eigenvalue weighted by Crippen LogP contribution is 2.44. The van der Waals surface area contributed by atoms with Crippen molar-refractivity contribution >= 4 is 0 Å². The van der Waals surface area contributed by atoms with Gasteiger partial charge >= 0.3 is 0 Å². The average molecular weight is 695 g/mol. The number of phenolic OH excluding ortho intramolecular Hbond substituents is 1. The largest absolute Gasteiger partial charge is 0.507 e. The van der Waals surface area contributed by atoms with Gasteiger partial charge in [-0.1, -0.05) is 137 Å². The van der Waals surface area contributed by atoms with Gasteiger partial charge in [0.05, 0.1) is 0 Å². The maximum Gasteiger partial charge on any atom is 0.130 e. The minimum Gasteiger partial charge on any atom is -0.507 e. The number of phenols is 1. The molecule has 5 aromatic rings. The highest BCUT2D eigenvalue weighted by molar-refractivity contribution is 5.46. The smallest absolute Gasteiger partial charge is 0.130 e. The molecule has 0 unspecified atom stereocenters. The van der Waals surface area contributed by atoms with E-state index in [2.05, 4.69) is 129 Å². The summed E-state index contributed by atoms with van der Waals surface area (Å²) in [7, 11) is 0. The second-order valence-electron chi connectivity index (χ2n) is 15.7. The summed E-state index contributed by atoms with van der Waals surface area (Å²) in [6.45, 7) is 13.1. The molecule has 270 valence electrons. The van der Waals surface area contributed by atoms with E-state index in [1.165, 1.54) is 0 Å². The van der Waals surface area contributed by atoms with Crippen LogP contribution in [-0.4, -0.2) is 50.3 Å². The predicted molar refractivity (Wildman–Crippen MR) is 210 cm³/mol. The molecule has 0 aliphatic carbocycles. The topological polar surface area (TPSA) is 67.2 Å². The Labute approximate surface area is 310 Å². The Morgan fingerprint density at radius 3 is 1.13 bits per heavy atom. The van der Waals surface area contributed by atoms with Crippen LogP contribution in [0.25, 0.3) is 0 Å².